The number of carbonyl (C=O) groups excluding carboxylic acids is 1. The molecule has 182 valence electrons. The number of hydrogen-bond donors (Lipinski definition) is 2. The number of fused-ring (bicyclic) bond motifs is 1. The van der Waals surface area contributed by atoms with Gasteiger partial charge in [0.05, 0.1) is 0 Å². The van der Waals surface area contributed by atoms with Crippen LogP contribution in [0.3, 0.4) is 0 Å². The van der Waals surface area contributed by atoms with E-state index < -0.39 is 0 Å². The monoisotopic (exact) mass is 471 g/mol. The number of H-pyrrole nitrogens is 1. The molecule has 0 radical (unpaired) electrons. The van der Waals surface area contributed by atoms with E-state index in [0.29, 0.717) is 12.6 Å². The Morgan fingerprint density at radius 2 is 1.94 bits per heavy atom. The number of carbonyl (C=O) groups is 1. The van der Waals surface area contributed by atoms with Crippen molar-refractivity contribution in [1.82, 2.24) is 34.9 Å². The number of hydrogen-bond acceptors (Lipinski definition) is 5. The molecule has 4 aromatic rings. The summed E-state index contributed by atoms with van der Waals surface area (Å²) in [4.78, 5) is 20.1. The van der Waals surface area contributed by atoms with Crippen molar-refractivity contribution in [3.8, 4) is 5.69 Å². The largest absolute Gasteiger partial charge is 0.361 e. The molecule has 1 amide bonds. The van der Waals surface area contributed by atoms with Crippen LogP contribution in [-0.4, -0.2) is 74.2 Å². The van der Waals surface area contributed by atoms with Gasteiger partial charge in [0, 0.05) is 68.5 Å². The summed E-state index contributed by atoms with van der Waals surface area (Å²) in [5.74, 6) is 0.0350. The summed E-state index contributed by atoms with van der Waals surface area (Å²) in [5, 5.41) is 12.1. The highest BCUT2D eigenvalue weighted by molar-refractivity contribution is 5.85. The van der Waals surface area contributed by atoms with E-state index in [1.54, 1.807) is 19.6 Å². The van der Waals surface area contributed by atoms with Gasteiger partial charge in [-0.15, -0.1) is 10.2 Å². The smallest absolute Gasteiger partial charge is 0.216 e. The van der Waals surface area contributed by atoms with Gasteiger partial charge in [-0.25, -0.2) is 0 Å². The molecular formula is C27H33N7O. The molecule has 35 heavy (non-hydrogen) atoms. The fourth-order valence-corrected chi connectivity index (χ4v) is 5.03. The molecule has 1 fully saturated rings. The highest BCUT2D eigenvalue weighted by Gasteiger charge is 2.26. The van der Waals surface area contributed by atoms with Gasteiger partial charge in [0.2, 0.25) is 5.91 Å². The first-order chi connectivity index (χ1) is 17.2. The van der Waals surface area contributed by atoms with Crippen molar-refractivity contribution in [2.24, 2.45) is 0 Å². The van der Waals surface area contributed by atoms with Crippen LogP contribution in [0.15, 0.2) is 67.4 Å². The Balaban J connectivity index is 1.21. The lowest BCUT2D eigenvalue weighted by molar-refractivity contribution is -0.119. The maximum absolute atomic E-state index is 11.6. The average molecular weight is 472 g/mol. The maximum Gasteiger partial charge on any atom is 0.216 e. The lowest BCUT2D eigenvalue weighted by Gasteiger charge is -2.41. The molecule has 8 nitrogen and oxygen atoms in total. The third kappa shape index (κ3) is 5.78. The SMILES string of the molecule is CC(=O)NCC1CN(Cc2ccccc2)CCN1CCCc1c[nH]c2ccc(-n3cnnc3)cc12. The third-order valence-electron chi connectivity index (χ3n) is 6.88. The summed E-state index contributed by atoms with van der Waals surface area (Å²) < 4.78 is 1.93. The van der Waals surface area contributed by atoms with Gasteiger partial charge >= 0.3 is 0 Å². The van der Waals surface area contributed by atoms with Crippen molar-refractivity contribution < 1.29 is 4.79 Å². The minimum atomic E-state index is 0.0350. The first-order valence-corrected chi connectivity index (χ1v) is 12.4. The van der Waals surface area contributed by atoms with E-state index in [1.165, 1.54) is 16.5 Å². The topological polar surface area (TPSA) is 82.1 Å². The second-order valence-electron chi connectivity index (χ2n) is 9.36. The number of nitrogens with zero attached hydrogens (tertiary/aromatic N) is 5. The maximum atomic E-state index is 11.6. The zero-order valence-electron chi connectivity index (χ0n) is 20.2. The molecule has 0 spiro atoms. The number of amides is 1. The molecule has 0 saturated carbocycles. The quantitative estimate of drug-likeness (QED) is 0.392. The van der Waals surface area contributed by atoms with Gasteiger partial charge in [-0.3, -0.25) is 19.2 Å². The van der Waals surface area contributed by atoms with Crippen molar-refractivity contribution in [2.45, 2.75) is 32.4 Å². The molecule has 3 heterocycles. The fraction of sp³-hybridized carbons (Fsp3) is 0.370. The molecular weight excluding hydrogens is 438 g/mol. The minimum Gasteiger partial charge on any atom is -0.361 e. The molecule has 0 bridgehead atoms. The summed E-state index contributed by atoms with van der Waals surface area (Å²) in [6.07, 6.45) is 7.65. The number of benzene rings is 2. The molecule has 2 aromatic heterocycles. The average Bonchev–Trinajstić information content (AvgIpc) is 3.55. The zero-order valence-corrected chi connectivity index (χ0v) is 20.2. The van der Waals surface area contributed by atoms with Crippen LogP contribution in [0.5, 0.6) is 0 Å². The summed E-state index contributed by atoms with van der Waals surface area (Å²) in [7, 11) is 0. The van der Waals surface area contributed by atoms with E-state index >= 15 is 0 Å². The first kappa shape index (κ1) is 23.3. The van der Waals surface area contributed by atoms with Crippen LogP contribution < -0.4 is 5.32 Å². The van der Waals surface area contributed by atoms with Crippen LogP contribution in [0.1, 0.15) is 24.5 Å². The van der Waals surface area contributed by atoms with Gasteiger partial charge in [-0.2, -0.15) is 0 Å². The summed E-state index contributed by atoms with van der Waals surface area (Å²) >= 11 is 0. The molecule has 1 aliphatic rings. The van der Waals surface area contributed by atoms with E-state index in [1.807, 2.05) is 4.57 Å². The number of nitrogens with one attached hydrogen (secondary N) is 2. The normalized spacial score (nSPS) is 17.1. The van der Waals surface area contributed by atoms with Gasteiger partial charge in [0.15, 0.2) is 0 Å². The van der Waals surface area contributed by atoms with Gasteiger partial charge in [-0.05, 0) is 48.7 Å². The molecule has 1 saturated heterocycles. The Morgan fingerprint density at radius 1 is 1.11 bits per heavy atom. The third-order valence-corrected chi connectivity index (χ3v) is 6.88. The Morgan fingerprint density at radius 3 is 2.74 bits per heavy atom. The minimum absolute atomic E-state index is 0.0350. The van der Waals surface area contributed by atoms with Crippen LogP contribution in [0.25, 0.3) is 16.6 Å². The molecule has 1 unspecified atom stereocenters. The van der Waals surface area contributed by atoms with Crippen molar-refractivity contribution in [3.63, 3.8) is 0 Å². The second kappa shape index (κ2) is 10.8. The van der Waals surface area contributed by atoms with Crippen LogP contribution in [0.4, 0.5) is 0 Å². The zero-order chi connectivity index (χ0) is 24.0. The number of piperazine rings is 1. The Bertz CT molecular complexity index is 1240. The summed E-state index contributed by atoms with van der Waals surface area (Å²) in [5.41, 5.74) is 4.88. The summed E-state index contributed by atoms with van der Waals surface area (Å²) in [6, 6.07) is 17.3. The van der Waals surface area contributed by atoms with E-state index in [-0.39, 0.29) is 5.91 Å². The molecule has 1 atom stereocenters. The molecule has 0 aliphatic carbocycles. The van der Waals surface area contributed by atoms with Crippen molar-refractivity contribution in [1.29, 1.82) is 0 Å². The molecule has 8 heteroatoms. The fourth-order valence-electron chi connectivity index (χ4n) is 5.03. The number of aryl methyl sites for hydroxylation is 1. The first-order valence-electron chi connectivity index (χ1n) is 12.4. The van der Waals surface area contributed by atoms with Gasteiger partial charge in [-0.1, -0.05) is 30.3 Å². The molecule has 2 aromatic carbocycles. The van der Waals surface area contributed by atoms with Crippen LogP contribution in [0, 0.1) is 0 Å². The highest BCUT2D eigenvalue weighted by Crippen LogP contribution is 2.23. The van der Waals surface area contributed by atoms with E-state index in [4.69, 9.17) is 0 Å². The van der Waals surface area contributed by atoms with E-state index in [2.05, 4.69) is 85.0 Å². The van der Waals surface area contributed by atoms with Gasteiger partial charge in [0.25, 0.3) is 0 Å². The van der Waals surface area contributed by atoms with Crippen molar-refractivity contribution in [3.05, 3.63) is 78.5 Å². The lowest BCUT2D eigenvalue weighted by Crippen LogP contribution is -2.56. The van der Waals surface area contributed by atoms with Gasteiger partial charge < -0.3 is 10.3 Å². The predicted molar refractivity (Wildman–Crippen MR) is 137 cm³/mol. The van der Waals surface area contributed by atoms with E-state index in [0.717, 1.165) is 56.8 Å². The van der Waals surface area contributed by atoms with Crippen molar-refractivity contribution >= 4 is 16.8 Å². The standard InChI is InChI=1S/C27H33N7O/c1-21(35)28-16-25-18-32(17-22-6-3-2-4-7-22)12-13-33(25)11-5-8-23-15-29-27-10-9-24(14-26(23)27)34-19-30-31-20-34/h2-4,6-7,9-10,14-15,19-20,25,29H,5,8,11-13,16-18H2,1H3,(H,28,35). The molecule has 2 N–H and O–H groups in total. The Hall–Kier alpha value is -3.49. The molecule has 5 rings (SSSR count). The van der Waals surface area contributed by atoms with Crippen LogP contribution >= 0.6 is 0 Å². The number of rotatable bonds is 9. The highest BCUT2D eigenvalue weighted by atomic mass is 16.1. The Labute approximate surface area is 206 Å². The van der Waals surface area contributed by atoms with Crippen LogP contribution in [0.2, 0.25) is 0 Å². The summed E-state index contributed by atoms with van der Waals surface area (Å²) in [6.45, 7) is 7.28. The number of aromatic amines is 1. The second-order valence-corrected chi connectivity index (χ2v) is 9.36. The number of aromatic nitrogens is 4. The molecule has 1 aliphatic heterocycles. The Kier molecular flexibility index (Phi) is 7.20. The van der Waals surface area contributed by atoms with E-state index in [9.17, 15) is 4.79 Å². The van der Waals surface area contributed by atoms with Gasteiger partial charge in [0.1, 0.15) is 12.7 Å². The lowest BCUT2D eigenvalue weighted by atomic mass is 10.1. The predicted octanol–water partition coefficient (Wildman–Crippen LogP) is 3.00. The van der Waals surface area contributed by atoms with Crippen molar-refractivity contribution in [2.75, 3.05) is 32.7 Å². The van der Waals surface area contributed by atoms with Crippen LogP contribution in [-0.2, 0) is 17.8 Å².